The lowest BCUT2D eigenvalue weighted by Gasteiger charge is -1.99. The minimum Gasteiger partial charge on any atom is -0.261 e. The average Bonchev–Trinajstić information content (AvgIpc) is 2.06. The van der Waals surface area contributed by atoms with Gasteiger partial charge in [-0.3, -0.25) is 4.98 Å². The van der Waals surface area contributed by atoms with Gasteiger partial charge in [-0.05, 0) is 30.5 Å². The fourth-order valence-electron chi connectivity index (χ4n) is 1.14. The molecule has 0 aliphatic carbocycles. The Labute approximate surface area is 68.5 Å². The van der Waals surface area contributed by atoms with Crippen molar-refractivity contribution in [2.45, 2.75) is 33.1 Å². The number of rotatable bonds is 3. The summed E-state index contributed by atoms with van der Waals surface area (Å²) < 4.78 is 0. The molecule has 0 amide bonds. The largest absolute Gasteiger partial charge is 0.261 e. The highest BCUT2D eigenvalue weighted by molar-refractivity contribution is 5.16. The van der Waals surface area contributed by atoms with Gasteiger partial charge in [0.25, 0.3) is 0 Å². The van der Waals surface area contributed by atoms with E-state index in [1.807, 2.05) is 6.20 Å². The van der Waals surface area contributed by atoms with Crippen LogP contribution in [0.15, 0.2) is 18.3 Å². The smallest absolute Gasteiger partial charge is 0.0406 e. The molecule has 0 fully saturated rings. The summed E-state index contributed by atoms with van der Waals surface area (Å²) in [5.41, 5.74) is 2.62. The highest BCUT2D eigenvalue weighted by Gasteiger charge is 1.93. The first-order valence-corrected chi connectivity index (χ1v) is 4.30. The summed E-state index contributed by atoms with van der Waals surface area (Å²) in [4.78, 5) is 4.28. The number of hydrogen-bond acceptors (Lipinski definition) is 1. The van der Waals surface area contributed by atoms with Crippen molar-refractivity contribution in [1.82, 2.24) is 4.98 Å². The summed E-state index contributed by atoms with van der Waals surface area (Å²) in [7, 11) is 0. The maximum Gasteiger partial charge on any atom is 0.0406 e. The molecule has 1 aromatic heterocycles. The average molecular weight is 149 g/mol. The van der Waals surface area contributed by atoms with Crippen LogP contribution in [0.4, 0.5) is 0 Å². The fourth-order valence-corrected chi connectivity index (χ4v) is 1.14. The van der Waals surface area contributed by atoms with Crippen molar-refractivity contribution in [3.8, 4) is 0 Å². The standard InChI is InChI=1S/C10H15N/c1-3-5-10-8-9(4-2)6-7-11-10/h6-8H,3-5H2,1-2H3. The predicted octanol–water partition coefficient (Wildman–Crippen LogP) is 2.60. The zero-order valence-corrected chi connectivity index (χ0v) is 7.30. The summed E-state index contributed by atoms with van der Waals surface area (Å²) >= 11 is 0. The van der Waals surface area contributed by atoms with Crippen LogP contribution < -0.4 is 0 Å². The molecule has 0 aliphatic rings. The lowest BCUT2D eigenvalue weighted by molar-refractivity contribution is 0.876. The van der Waals surface area contributed by atoms with Crippen LogP contribution in [-0.2, 0) is 12.8 Å². The van der Waals surface area contributed by atoms with Crippen LogP contribution in [0.3, 0.4) is 0 Å². The SMILES string of the molecule is CCCc1cc(CC)ccn1. The van der Waals surface area contributed by atoms with Gasteiger partial charge in [-0.15, -0.1) is 0 Å². The molecule has 0 unspecified atom stereocenters. The van der Waals surface area contributed by atoms with Crippen molar-refractivity contribution in [3.05, 3.63) is 29.6 Å². The first-order chi connectivity index (χ1) is 5.36. The molecule has 0 saturated carbocycles. The topological polar surface area (TPSA) is 12.9 Å². The lowest BCUT2D eigenvalue weighted by atomic mass is 10.1. The monoisotopic (exact) mass is 149 g/mol. The van der Waals surface area contributed by atoms with Gasteiger partial charge in [0.15, 0.2) is 0 Å². The molecule has 1 aromatic rings. The number of aromatic nitrogens is 1. The van der Waals surface area contributed by atoms with E-state index < -0.39 is 0 Å². The van der Waals surface area contributed by atoms with Gasteiger partial charge in [-0.1, -0.05) is 20.3 Å². The Morgan fingerprint density at radius 2 is 2.18 bits per heavy atom. The van der Waals surface area contributed by atoms with Gasteiger partial charge in [0.05, 0.1) is 0 Å². The van der Waals surface area contributed by atoms with Gasteiger partial charge in [0, 0.05) is 11.9 Å². The summed E-state index contributed by atoms with van der Waals surface area (Å²) in [5.74, 6) is 0. The lowest BCUT2D eigenvalue weighted by Crippen LogP contribution is -1.90. The number of hydrogen-bond donors (Lipinski definition) is 0. The zero-order valence-electron chi connectivity index (χ0n) is 7.30. The van der Waals surface area contributed by atoms with E-state index in [4.69, 9.17) is 0 Å². The Morgan fingerprint density at radius 1 is 1.36 bits per heavy atom. The van der Waals surface area contributed by atoms with E-state index in [-0.39, 0.29) is 0 Å². The maximum absolute atomic E-state index is 4.28. The van der Waals surface area contributed by atoms with Crippen LogP contribution in [0.2, 0.25) is 0 Å². The molecule has 1 heterocycles. The second kappa shape index (κ2) is 4.12. The predicted molar refractivity (Wildman–Crippen MR) is 47.6 cm³/mol. The van der Waals surface area contributed by atoms with Gasteiger partial charge >= 0.3 is 0 Å². The fraction of sp³-hybridized carbons (Fsp3) is 0.500. The van der Waals surface area contributed by atoms with Gasteiger partial charge in [0.1, 0.15) is 0 Å². The Morgan fingerprint density at radius 3 is 2.82 bits per heavy atom. The molecule has 1 rings (SSSR count). The molecule has 11 heavy (non-hydrogen) atoms. The molecule has 0 saturated heterocycles. The van der Waals surface area contributed by atoms with Gasteiger partial charge in [-0.2, -0.15) is 0 Å². The van der Waals surface area contributed by atoms with Crippen LogP contribution in [-0.4, -0.2) is 4.98 Å². The highest BCUT2D eigenvalue weighted by Crippen LogP contribution is 2.04. The zero-order chi connectivity index (χ0) is 8.10. The van der Waals surface area contributed by atoms with Crippen molar-refractivity contribution in [1.29, 1.82) is 0 Å². The van der Waals surface area contributed by atoms with E-state index in [9.17, 15) is 0 Å². The van der Waals surface area contributed by atoms with E-state index in [0.717, 1.165) is 12.8 Å². The molecule has 0 radical (unpaired) electrons. The minimum atomic E-state index is 1.10. The summed E-state index contributed by atoms with van der Waals surface area (Å²) in [6, 6.07) is 4.28. The molecule has 0 aliphatic heterocycles. The van der Waals surface area contributed by atoms with Crippen molar-refractivity contribution in [3.63, 3.8) is 0 Å². The molecule has 0 aromatic carbocycles. The van der Waals surface area contributed by atoms with Gasteiger partial charge in [0.2, 0.25) is 0 Å². The molecule has 1 heteroatoms. The van der Waals surface area contributed by atoms with E-state index in [2.05, 4.69) is 31.0 Å². The number of pyridine rings is 1. The molecular formula is C10H15N. The molecule has 0 N–H and O–H groups in total. The van der Waals surface area contributed by atoms with Crippen LogP contribution in [0.25, 0.3) is 0 Å². The molecular weight excluding hydrogens is 134 g/mol. The van der Waals surface area contributed by atoms with E-state index in [1.165, 1.54) is 17.7 Å². The first-order valence-electron chi connectivity index (χ1n) is 4.30. The van der Waals surface area contributed by atoms with E-state index in [0.29, 0.717) is 0 Å². The van der Waals surface area contributed by atoms with Crippen LogP contribution >= 0.6 is 0 Å². The van der Waals surface area contributed by atoms with E-state index in [1.54, 1.807) is 0 Å². The van der Waals surface area contributed by atoms with Crippen LogP contribution in [0, 0.1) is 0 Å². The number of aryl methyl sites for hydroxylation is 2. The Balaban J connectivity index is 2.74. The third-order valence-electron chi connectivity index (χ3n) is 1.80. The van der Waals surface area contributed by atoms with Crippen LogP contribution in [0.1, 0.15) is 31.5 Å². The maximum atomic E-state index is 4.28. The molecule has 0 spiro atoms. The Bertz CT molecular complexity index is 218. The first kappa shape index (κ1) is 8.25. The van der Waals surface area contributed by atoms with Crippen LogP contribution in [0.5, 0.6) is 0 Å². The summed E-state index contributed by atoms with van der Waals surface area (Å²) in [6.45, 7) is 4.35. The number of nitrogens with zero attached hydrogens (tertiary/aromatic N) is 1. The second-order valence-corrected chi connectivity index (χ2v) is 2.76. The molecule has 0 atom stereocenters. The third-order valence-corrected chi connectivity index (χ3v) is 1.80. The second-order valence-electron chi connectivity index (χ2n) is 2.76. The molecule has 1 nitrogen and oxygen atoms in total. The van der Waals surface area contributed by atoms with Crippen molar-refractivity contribution >= 4 is 0 Å². The van der Waals surface area contributed by atoms with Crippen molar-refractivity contribution < 1.29 is 0 Å². The van der Waals surface area contributed by atoms with Gasteiger partial charge < -0.3 is 0 Å². The quantitative estimate of drug-likeness (QED) is 0.643. The minimum absolute atomic E-state index is 1.10. The highest BCUT2D eigenvalue weighted by atomic mass is 14.7. The summed E-state index contributed by atoms with van der Waals surface area (Å²) in [5, 5.41) is 0. The normalized spacial score (nSPS) is 10.0. The van der Waals surface area contributed by atoms with Gasteiger partial charge in [-0.25, -0.2) is 0 Å². The third kappa shape index (κ3) is 2.34. The Hall–Kier alpha value is -0.850. The Kier molecular flexibility index (Phi) is 3.09. The van der Waals surface area contributed by atoms with Crippen molar-refractivity contribution in [2.75, 3.05) is 0 Å². The van der Waals surface area contributed by atoms with E-state index >= 15 is 0 Å². The molecule has 0 bridgehead atoms. The molecule has 60 valence electrons. The summed E-state index contributed by atoms with van der Waals surface area (Å²) in [6.07, 6.45) is 5.30. The van der Waals surface area contributed by atoms with Crippen molar-refractivity contribution in [2.24, 2.45) is 0 Å².